The van der Waals surface area contributed by atoms with Crippen LogP contribution in [0.3, 0.4) is 0 Å². The van der Waals surface area contributed by atoms with Gasteiger partial charge in [0.15, 0.2) is 11.9 Å². The van der Waals surface area contributed by atoms with Crippen LogP contribution in [-0.4, -0.2) is 186 Å². The molecule has 538 valence electrons. The Morgan fingerprint density at radius 2 is 0.753 bits per heavy atom. The Bertz CT molecular complexity index is 2980. The molecule has 10 atom stereocenters. The summed E-state index contributed by atoms with van der Waals surface area (Å²) >= 11 is 0. The van der Waals surface area contributed by atoms with Crippen LogP contribution in [0.25, 0.3) is 0 Å². The van der Waals surface area contributed by atoms with E-state index >= 15 is 0 Å². The van der Waals surface area contributed by atoms with Gasteiger partial charge in [0.2, 0.25) is 77.3 Å². The van der Waals surface area contributed by atoms with Gasteiger partial charge in [0.05, 0.1) is 6.61 Å². The van der Waals surface area contributed by atoms with E-state index in [9.17, 15) is 72.5 Å². The molecule has 0 aliphatic rings. The molecule has 0 aliphatic carbocycles. The first kappa shape index (κ1) is 82.9. The van der Waals surface area contributed by atoms with E-state index in [1.807, 2.05) is 0 Å². The highest BCUT2D eigenvalue weighted by Crippen LogP contribution is 2.16. The van der Waals surface area contributed by atoms with Gasteiger partial charge in [-0.3, -0.25) is 72.3 Å². The number of phenols is 1. The number of hydrogen-bond acceptors (Lipinski definition) is 18. The van der Waals surface area contributed by atoms with Gasteiger partial charge in [0.1, 0.15) is 66.2 Å². The maximum absolute atomic E-state index is 14.8. The zero-order chi connectivity index (χ0) is 72.7. The molecule has 0 spiro atoms. The van der Waals surface area contributed by atoms with Crippen LogP contribution in [0, 0.1) is 11.8 Å². The first-order valence-electron chi connectivity index (χ1n) is 31.9. The Balaban J connectivity index is 2.64. The summed E-state index contributed by atoms with van der Waals surface area (Å²) in [6.45, 7) is 6.48. The number of phenolic OH excluding ortho intramolecular Hbond substituents is 1. The molecule has 35 nitrogen and oxygen atoms in total. The topological polar surface area (TPSA) is 616 Å². The zero-order valence-corrected chi connectivity index (χ0v) is 55.4. The monoisotopic (exact) mass is 1360 g/mol. The summed E-state index contributed by atoms with van der Waals surface area (Å²) in [4.78, 5) is 184. The summed E-state index contributed by atoms with van der Waals surface area (Å²) in [5, 5.41) is 45.5. The second-order valence-corrected chi connectivity index (χ2v) is 24.0. The van der Waals surface area contributed by atoms with Crippen LogP contribution in [-0.2, 0) is 75.2 Å². The largest absolute Gasteiger partial charge is 0.508 e. The van der Waals surface area contributed by atoms with Crippen molar-refractivity contribution < 1.29 is 72.5 Å². The first-order valence-corrected chi connectivity index (χ1v) is 31.9. The Morgan fingerprint density at radius 1 is 0.423 bits per heavy atom. The SMILES string of the molecule is CC(C)CC(NC(=O)C(CC(C)C)NC(=O)C(CCCCN)NC(=O)C(CCCN=C(N)N)NC(=O)C(Cc1ccc(O)cc1)NC(=O)C(CCC(N)=O)NC(=O)C(CCC(N)=O)NC(=O)C(CCCN=C(N)N)NC=O)C(=O)NC(Cc1ccccc1)C(=O)NC(CO)C(N)=O. The zero-order valence-electron chi connectivity index (χ0n) is 55.4. The Morgan fingerprint density at radius 3 is 1.11 bits per heavy atom. The minimum absolute atomic E-state index is 0.00709. The Hall–Kier alpha value is -10.2. The minimum atomic E-state index is -1.70. The van der Waals surface area contributed by atoms with Gasteiger partial charge in [0.25, 0.3) is 0 Å². The Labute approximate surface area is 562 Å². The molecular formula is C62H100N20O15. The molecule has 0 fully saturated rings. The highest BCUT2D eigenvalue weighted by molar-refractivity contribution is 5.99. The second-order valence-electron chi connectivity index (χ2n) is 24.0. The third-order valence-electron chi connectivity index (χ3n) is 14.8. The van der Waals surface area contributed by atoms with Gasteiger partial charge in [-0.15, -0.1) is 0 Å². The van der Waals surface area contributed by atoms with Crippen molar-refractivity contribution in [2.45, 2.75) is 184 Å². The molecule has 2 aromatic rings. The van der Waals surface area contributed by atoms with Crippen molar-refractivity contribution in [3.05, 3.63) is 65.7 Å². The van der Waals surface area contributed by atoms with E-state index in [1.165, 1.54) is 24.3 Å². The van der Waals surface area contributed by atoms with Crippen LogP contribution in [0.15, 0.2) is 64.6 Å². The number of rotatable bonds is 48. The summed E-state index contributed by atoms with van der Waals surface area (Å²) in [6.07, 6.45) is -1.46. The van der Waals surface area contributed by atoms with Gasteiger partial charge in [-0.05, 0) is 112 Å². The Kier molecular flexibility index (Phi) is 38.0. The van der Waals surface area contributed by atoms with Gasteiger partial charge in [-0.2, -0.15) is 0 Å². The van der Waals surface area contributed by atoms with E-state index < -0.39 is 164 Å². The lowest BCUT2D eigenvalue weighted by Gasteiger charge is -2.29. The third-order valence-corrected chi connectivity index (χ3v) is 14.8. The fourth-order valence-corrected chi connectivity index (χ4v) is 9.72. The predicted molar refractivity (Wildman–Crippen MR) is 357 cm³/mol. The molecule has 0 saturated carbocycles. The molecule has 28 N–H and O–H groups in total. The maximum atomic E-state index is 14.8. The van der Waals surface area contributed by atoms with Crippen LogP contribution in [0.5, 0.6) is 5.75 Å². The second kappa shape index (κ2) is 44.5. The van der Waals surface area contributed by atoms with Crippen molar-refractivity contribution in [3.63, 3.8) is 0 Å². The van der Waals surface area contributed by atoms with Crippen LogP contribution in [0.2, 0.25) is 0 Å². The number of nitrogens with zero attached hydrogens (tertiary/aromatic N) is 2. The highest BCUT2D eigenvalue weighted by Gasteiger charge is 2.37. The van der Waals surface area contributed by atoms with Gasteiger partial charge in [-0.1, -0.05) is 70.2 Å². The molecule has 0 radical (unpaired) electrons. The minimum Gasteiger partial charge on any atom is -0.508 e. The molecule has 2 aromatic carbocycles. The summed E-state index contributed by atoms with van der Waals surface area (Å²) in [7, 11) is 0. The van der Waals surface area contributed by atoms with E-state index in [0.717, 1.165) is 0 Å². The van der Waals surface area contributed by atoms with Gasteiger partial charge in [-0.25, -0.2) is 0 Å². The molecule has 0 saturated heterocycles. The van der Waals surface area contributed by atoms with Crippen molar-refractivity contribution in [1.82, 2.24) is 53.2 Å². The number of guanidine groups is 2. The fourth-order valence-electron chi connectivity index (χ4n) is 9.72. The maximum Gasteiger partial charge on any atom is 0.243 e. The lowest BCUT2D eigenvalue weighted by atomic mass is 9.98. The molecule has 2 rings (SSSR count). The van der Waals surface area contributed by atoms with E-state index in [2.05, 4.69) is 63.2 Å². The smallest absolute Gasteiger partial charge is 0.243 e. The number of benzene rings is 2. The van der Waals surface area contributed by atoms with Crippen molar-refractivity contribution in [2.75, 3.05) is 26.2 Å². The first-order chi connectivity index (χ1) is 45.9. The molecule has 0 aromatic heterocycles. The van der Waals surface area contributed by atoms with Gasteiger partial charge < -0.3 is 109 Å². The number of carbonyl (C=O) groups is 13. The quantitative estimate of drug-likeness (QED) is 0.0127. The summed E-state index contributed by atoms with van der Waals surface area (Å²) in [5.41, 5.74) is 45.0. The number of carbonyl (C=O) groups excluding carboxylic acids is 13. The lowest BCUT2D eigenvalue weighted by Crippen LogP contribution is -2.61. The standard InChI is InChI=1S/C62H100N20O15/c1-34(2)28-44(57(94)79-45(29-35(3)4)58(95)81-46(30-36-12-6-5-7-13-36)60(97)82-48(32-83)51(66)88)78-54(91)40(14-8-9-25-63)74-53(90)41(16-11-27-72-62(69)70)75-59(96)47(31-37-17-19-38(85)20-18-37)80-56(93)43(22-24-50(65)87)77-55(92)42(21-23-49(64)86)76-52(89)39(73-33-84)15-10-26-71-61(67)68/h5-7,12-13,17-20,33-35,39-48,83,85H,8-11,14-16,21-32,63H2,1-4H3,(H2,64,86)(H2,65,87)(H2,66,88)(H,73,84)(H,74,90)(H,75,96)(H,76,89)(H,77,92)(H,78,91)(H,79,94)(H,80,93)(H,81,95)(H,82,97)(H4,67,68,71)(H4,69,70,72). The third kappa shape index (κ3) is 33.7. The van der Waals surface area contributed by atoms with Crippen LogP contribution >= 0.6 is 0 Å². The van der Waals surface area contributed by atoms with Crippen molar-refractivity contribution >= 4 is 89.2 Å². The average Bonchev–Trinajstić information content (AvgIpc) is 0.899. The fraction of sp³-hybridized carbons (Fsp3) is 0.565. The van der Waals surface area contributed by atoms with E-state index in [0.29, 0.717) is 17.5 Å². The van der Waals surface area contributed by atoms with Crippen molar-refractivity contribution in [2.24, 2.45) is 67.7 Å². The van der Waals surface area contributed by atoms with Crippen LogP contribution in [0.1, 0.15) is 122 Å². The lowest BCUT2D eigenvalue weighted by molar-refractivity contribution is -0.136. The summed E-state index contributed by atoms with van der Waals surface area (Å²) < 4.78 is 0. The predicted octanol–water partition coefficient (Wildman–Crippen LogP) is -6.01. The molecular weight excluding hydrogens is 1260 g/mol. The van der Waals surface area contributed by atoms with Crippen LogP contribution in [0.4, 0.5) is 0 Å². The number of nitrogens with two attached hydrogens (primary N) is 8. The average molecular weight is 1370 g/mol. The van der Waals surface area contributed by atoms with Gasteiger partial charge >= 0.3 is 0 Å². The molecule has 0 bridgehead atoms. The molecule has 97 heavy (non-hydrogen) atoms. The van der Waals surface area contributed by atoms with E-state index in [1.54, 1.807) is 58.0 Å². The normalized spacial score (nSPS) is 14.1. The van der Waals surface area contributed by atoms with Crippen LogP contribution < -0.4 is 99.0 Å². The number of aliphatic hydroxyl groups excluding tert-OH is 1. The summed E-state index contributed by atoms with van der Waals surface area (Å²) in [5.74, 6) is -12.3. The number of amides is 13. The molecule has 0 heterocycles. The molecule has 10 unspecified atom stereocenters. The van der Waals surface area contributed by atoms with E-state index in [4.69, 9.17) is 45.9 Å². The number of primary amides is 3. The summed E-state index contributed by atoms with van der Waals surface area (Å²) in [6, 6.07) is -0.618. The number of aromatic hydroxyl groups is 1. The molecule has 0 aliphatic heterocycles. The molecule has 35 heteroatoms. The number of unbranched alkanes of at least 4 members (excludes halogenated alkanes) is 1. The number of hydrogen-bond donors (Lipinski definition) is 20. The molecule has 13 amide bonds. The van der Waals surface area contributed by atoms with Gasteiger partial charge in [0, 0.05) is 38.8 Å². The highest BCUT2D eigenvalue weighted by atomic mass is 16.3. The number of nitrogens with one attached hydrogen (secondary N) is 10. The van der Waals surface area contributed by atoms with Crippen molar-refractivity contribution in [3.8, 4) is 5.75 Å². The van der Waals surface area contributed by atoms with E-state index in [-0.39, 0.29) is 120 Å². The number of aliphatic imine (C=N–C) groups is 2. The number of aliphatic hydroxyl groups is 1. The van der Waals surface area contributed by atoms with Crippen molar-refractivity contribution in [1.29, 1.82) is 0 Å².